The van der Waals surface area contributed by atoms with Crippen LogP contribution in [0.4, 0.5) is 0 Å². The normalized spacial score (nSPS) is 16.8. The molecule has 0 fully saturated rings. The molecule has 0 aromatic heterocycles. The molecule has 0 spiro atoms. The van der Waals surface area contributed by atoms with E-state index in [0.717, 1.165) is 17.6 Å². The molecule has 0 radical (unpaired) electrons. The zero-order valence-electron chi connectivity index (χ0n) is 7.71. The summed E-state index contributed by atoms with van der Waals surface area (Å²) in [4.78, 5) is 11.5. The van der Waals surface area contributed by atoms with Gasteiger partial charge in [-0.15, -0.1) is 0 Å². The standard InChI is InChI=1S/C12H12O/c1-9-7-8-11(13)12(9)10-5-3-2-4-6-10/h2-6H,7-8H2,1H3. The lowest BCUT2D eigenvalue weighted by atomic mass is 10.0. The van der Waals surface area contributed by atoms with Crippen molar-refractivity contribution in [2.24, 2.45) is 0 Å². The minimum atomic E-state index is 0.295. The third kappa shape index (κ3) is 1.42. The van der Waals surface area contributed by atoms with Crippen molar-refractivity contribution in [3.8, 4) is 0 Å². The van der Waals surface area contributed by atoms with Gasteiger partial charge >= 0.3 is 0 Å². The number of carbonyl (C=O) groups is 1. The van der Waals surface area contributed by atoms with Gasteiger partial charge in [-0.05, 0) is 18.9 Å². The van der Waals surface area contributed by atoms with Crippen molar-refractivity contribution < 1.29 is 4.79 Å². The second-order valence-corrected chi connectivity index (χ2v) is 3.44. The van der Waals surface area contributed by atoms with Gasteiger partial charge in [0.2, 0.25) is 0 Å². The molecule has 1 aliphatic rings. The Kier molecular flexibility index (Phi) is 2.01. The monoisotopic (exact) mass is 172 g/mol. The number of ketones is 1. The molecule has 1 aliphatic carbocycles. The SMILES string of the molecule is CC1=C(c2ccccc2)C(=O)CC1. The molecular formula is C12H12O. The molecule has 0 saturated carbocycles. The van der Waals surface area contributed by atoms with E-state index in [1.807, 2.05) is 37.3 Å². The Morgan fingerprint density at radius 1 is 1.08 bits per heavy atom. The summed E-state index contributed by atoms with van der Waals surface area (Å²) in [6.45, 7) is 2.05. The third-order valence-electron chi connectivity index (χ3n) is 2.50. The minimum Gasteiger partial charge on any atom is -0.294 e. The van der Waals surface area contributed by atoms with E-state index in [0.29, 0.717) is 12.2 Å². The van der Waals surface area contributed by atoms with Crippen molar-refractivity contribution in [2.45, 2.75) is 19.8 Å². The Labute approximate surface area is 78.1 Å². The highest BCUT2D eigenvalue weighted by Crippen LogP contribution is 2.30. The highest BCUT2D eigenvalue weighted by Gasteiger charge is 2.20. The Morgan fingerprint density at radius 2 is 1.77 bits per heavy atom. The summed E-state index contributed by atoms with van der Waals surface area (Å²) in [5, 5.41) is 0. The van der Waals surface area contributed by atoms with E-state index in [4.69, 9.17) is 0 Å². The topological polar surface area (TPSA) is 17.1 Å². The van der Waals surface area contributed by atoms with Crippen LogP contribution in [-0.4, -0.2) is 5.78 Å². The molecule has 13 heavy (non-hydrogen) atoms. The molecule has 66 valence electrons. The largest absolute Gasteiger partial charge is 0.294 e. The molecule has 0 atom stereocenters. The first-order chi connectivity index (χ1) is 6.29. The molecule has 0 N–H and O–H groups in total. The lowest BCUT2D eigenvalue weighted by Crippen LogP contribution is -1.94. The number of benzene rings is 1. The maximum atomic E-state index is 11.5. The fraction of sp³-hybridized carbons (Fsp3) is 0.250. The smallest absolute Gasteiger partial charge is 0.163 e. The molecule has 1 aromatic carbocycles. The van der Waals surface area contributed by atoms with Crippen LogP contribution in [0.3, 0.4) is 0 Å². The summed E-state index contributed by atoms with van der Waals surface area (Å²) in [6.07, 6.45) is 1.62. The first-order valence-electron chi connectivity index (χ1n) is 4.57. The summed E-state index contributed by atoms with van der Waals surface area (Å²) < 4.78 is 0. The number of hydrogen-bond acceptors (Lipinski definition) is 1. The van der Waals surface area contributed by atoms with E-state index in [1.54, 1.807) is 0 Å². The summed E-state index contributed by atoms with van der Waals surface area (Å²) in [7, 11) is 0. The zero-order chi connectivity index (χ0) is 9.26. The number of carbonyl (C=O) groups excluding carboxylic acids is 1. The van der Waals surface area contributed by atoms with Gasteiger partial charge in [0, 0.05) is 12.0 Å². The maximum Gasteiger partial charge on any atom is 0.163 e. The van der Waals surface area contributed by atoms with Gasteiger partial charge < -0.3 is 0 Å². The second-order valence-electron chi connectivity index (χ2n) is 3.44. The van der Waals surface area contributed by atoms with Gasteiger partial charge in [-0.2, -0.15) is 0 Å². The first-order valence-corrected chi connectivity index (χ1v) is 4.57. The highest BCUT2D eigenvalue weighted by atomic mass is 16.1. The fourth-order valence-corrected chi connectivity index (χ4v) is 1.80. The van der Waals surface area contributed by atoms with E-state index in [-0.39, 0.29) is 0 Å². The van der Waals surface area contributed by atoms with Gasteiger partial charge in [0.1, 0.15) is 0 Å². The van der Waals surface area contributed by atoms with Crippen LogP contribution >= 0.6 is 0 Å². The Morgan fingerprint density at radius 3 is 2.31 bits per heavy atom. The molecule has 1 aromatic rings. The van der Waals surface area contributed by atoms with E-state index in [1.165, 1.54) is 5.57 Å². The molecule has 0 unspecified atom stereocenters. The van der Waals surface area contributed by atoms with E-state index >= 15 is 0 Å². The third-order valence-corrected chi connectivity index (χ3v) is 2.50. The van der Waals surface area contributed by atoms with Crippen LogP contribution in [0, 0.1) is 0 Å². The van der Waals surface area contributed by atoms with Crippen LogP contribution < -0.4 is 0 Å². The number of allylic oxidation sites excluding steroid dienone is 2. The molecule has 0 heterocycles. The van der Waals surface area contributed by atoms with Gasteiger partial charge in [-0.25, -0.2) is 0 Å². The minimum absolute atomic E-state index is 0.295. The van der Waals surface area contributed by atoms with Crippen LogP contribution in [0.2, 0.25) is 0 Å². The average molecular weight is 172 g/mol. The van der Waals surface area contributed by atoms with Gasteiger partial charge in [-0.1, -0.05) is 35.9 Å². The van der Waals surface area contributed by atoms with Crippen LogP contribution in [0.5, 0.6) is 0 Å². The van der Waals surface area contributed by atoms with Crippen molar-refractivity contribution in [2.75, 3.05) is 0 Å². The molecule has 1 heteroatoms. The molecule has 1 nitrogen and oxygen atoms in total. The molecule has 0 aliphatic heterocycles. The average Bonchev–Trinajstić information content (AvgIpc) is 2.48. The number of rotatable bonds is 1. The predicted octanol–water partition coefficient (Wildman–Crippen LogP) is 2.82. The Bertz CT molecular complexity index is 360. The lowest BCUT2D eigenvalue weighted by Gasteiger charge is -2.01. The summed E-state index contributed by atoms with van der Waals surface area (Å²) in [5.74, 6) is 0.295. The number of Topliss-reactive ketones (excluding diaryl/α,β-unsaturated/α-hetero) is 1. The van der Waals surface area contributed by atoms with Crippen LogP contribution in [0.15, 0.2) is 35.9 Å². The summed E-state index contributed by atoms with van der Waals surface area (Å²) in [6, 6.07) is 9.92. The predicted molar refractivity (Wildman–Crippen MR) is 53.3 cm³/mol. The van der Waals surface area contributed by atoms with E-state index in [9.17, 15) is 4.79 Å². The van der Waals surface area contributed by atoms with Crippen molar-refractivity contribution in [3.63, 3.8) is 0 Å². The van der Waals surface area contributed by atoms with E-state index in [2.05, 4.69) is 0 Å². The van der Waals surface area contributed by atoms with Gasteiger partial charge in [0.25, 0.3) is 0 Å². The summed E-state index contributed by atoms with van der Waals surface area (Å²) >= 11 is 0. The number of hydrogen-bond donors (Lipinski definition) is 0. The van der Waals surface area contributed by atoms with Crippen molar-refractivity contribution >= 4 is 11.4 Å². The first kappa shape index (κ1) is 8.24. The van der Waals surface area contributed by atoms with Crippen LogP contribution in [-0.2, 0) is 4.79 Å². The fourth-order valence-electron chi connectivity index (χ4n) is 1.80. The van der Waals surface area contributed by atoms with E-state index < -0.39 is 0 Å². The molecular weight excluding hydrogens is 160 g/mol. The maximum absolute atomic E-state index is 11.5. The molecule has 0 saturated heterocycles. The lowest BCUT2D eigenvalue weighted by molar-refractivity contribution is -0.113. The van der Waals surface area contributed by atoms with Crippen molar-refractivity contribution in [1.82, 2.24) is 0 Å². The quantitative estimate of drug-likeness (QED) is 0.636. The van der Waals surface area contributed by atoms with Crippen molar-refractivity contribution in [1.29, 1.82) is 0 Å². The second kappa shape index (κ2) is 3.17. The van der Waals surface area contributed by atoms with Gasteiger partial charge in [0.05, 0.1) is 0 Å². The highest BCUT2D eigenvalue weighted by molar-refractivity contribution is 6.23. The summed E-state index contributed by atoms with van der Waals surface area (Å²) in [5.41, 5.74) is 3.25. The van der Waals surface area contributed by atoms with Crippen LogP contribution in [0.1, 0.15) is 25.3 Å². The molecule has 0 bridgehead atoms. The van der Waals surface area contributed by atoms with Gasteiger partial charge in [0.15, 0.2) is 5.78 Å². The zero-order valence-corrected chi connectivity index (χ0v) is 7.71. The Hall–Kier alpha value is -1.37. The van der Waals surface area contributed by atoms with Gasteiger partial charge in [-0.3, -0.25) is 4.79 Å². The van der Waals surface area contributed by atoms with Crippen LogP contribution in [0.25, 0.3) is 5.57 Å². The molecule has 0 amide bonds. The Balaban J connectivity index is 2.47. The molecule has 2 rings (SSSR count). The van der Waals surface area contributed by atoms with Crippen molar-refractivity contribution in [3.05, 3.63) is 41.5 Å².